The molecule has 0 aliphatic carbocycles. The lowest BCUT2D eigenvalue weighted by Crippen LogP contribution is -1.99. The van der Waals surface area contributed by atoms with Crippen LogP contribution in [0.2, 0.25) is 0 Å². The minimum Gasteiger partial charge on any atom is -0.486 e. The minimum atomic E-state index is 0.0502. The lowest BCUT2D eigenvalue weighted by atomic mass is 10.1. The summed E-state index contributed by atoms with van der Waals surface area (Å²) in [7, 11) is 0. The van der Waals surface area contributed by atoms with Crippen LogP contribution in [0.15, 0.2) is 18.2 Å². The molecule has 0 spiro atoms. The Kier molecular flexibility index (Phi) is 4.78. The molecule has 4 heteroatoms. The lowest BCUT2D eigenvalue weighted by molar-refractivity contribution is 0.283. The van der Waals surface area contributed by atoms with E-state index in [1.807, 2.05) is 32.0 Å². The van der Waals surface area contributed by atoms with Gasteiger partial charge in [-0.1, -0.05) is 32.0 Å². The standard InChI is InChI=1S/C16H21NO2S/c1-10(2)15-13(8-18)20-14(17-15)9-19-16-11(3)6-5-7-12(16)4/h5-7,10,18H,8-9H2,1-4H3. The summed E-state index contributed by atoms with van der Waals surface area (Å²) in [6, 6.07) is 6.12. The highest BCUT2D eigenvalue weighted by Crippen LogP contribution is 2.28. The highest BCUT2D eigenvalue weighted by molar-refractivity contribution is 7.11. The van der Waals surface area contributed by atoms with Crippen molar-refractivity contribution in [1.82, 2.24) is 4.98 Å². The van der Waals surface area contributed by atoms with E-state index in [1.54, 1.807) is 0 Å². The second-order valence-corrected chi connectivity index (χ2v) is 6.41. The van der Waals surface area contributed by atoms with Gasteiger partial charge in [-0.2, -0.15) is 0 Å². The predicted molar refractivity (Wildman–Crippen MR) is 82.4 cm³/mol. The van der Waals surface area contributed by atoms with Crippen LogP contribution in [0.1, 0.15) is 46.5 Å². The topological polar surface area (TPSA) is 42.4 Å². The van der Waals surface area contributed by atoms with E-state index in [0.717, 1.165) is 32.5 Å². The van der Waals surface area contributed by atoms with Gasteiger partial charge in [-0.05, 0) is 30.9 Å². The van der Waals surface area contributed by atoms with Crippen molar-refractivity contribution < 1.29 is 9.84 Å². The van der Waals surface area contributed by atoms with Crippen molar-refractivity contribution in [3.8, 4) is 5.75 Å². The Hall–Kier alpha value is -1.39. The van der Waals surface area contributed by atoms with E-state index in [9.17, 15) is 5.11 Å². The van der Waals surface area contributed by atoms with Crippen LogP contribution in [0.4, 0.5) is 0 Å². The van der Waals surface area contributed by atoms with E-state index in [-0.39, 0.29) is 6.61 Å². The molecule has 1 aromatic carbocycles. The van der Waals surface area contributed by atoms with Crippen molar-refractivity contribution in [2.45, 2.75) is 46.8 Å². The molecule has 1 heterocycles. The highest BCUT2D eigenvalue weighted by atomic mass is 32.1. The number of nitrogens with zero attached hydrogens (tertiary/aromatic N) is 1. The fraction of sp³-hybridized carbons (Fsp3) is 0.438. The van der Waals surface area contributed by atoms with Gasteiger partial charge in [0.2, 0.25) is 0 Å². The van der Waals surface area contributed by atoms with Gasteiger partial charge in [-0.15, -0.1) is 11.3 Å². The maximum atomic E-state index is 9.38. The highest BCUT2D eigenvalue weighted by Gasteiger charge is 2.14. The minimum absolute atomic E-state index is 0.0502. The summed E-state index contributed by atoms with van der Waals surface area (Å²) in [5, 5.41) is 10.3. The monoisotopic (exact) mass is 291 g/mol. The molecule has 0 amide bonds. The summed E-state index contributed by atoms with van der Waals surface area (Å²) in [6.45, 7) is 8.77. The number of para-hydroxylation sites is 1. The molecule has 2 rings (SSSR count). The summed E-state index contributed by atoms with van der Waals surface area (Å²) < 4.78 is 5.91. The van der Waals surface area contributed by atoms with Crippen molar-refractivity contribution in [3.05, 3.63) is 44.9 Å². The molecule has 1 N–H and O–H groups in total. The number of rotatable bonds is 5. The molecular formula is C16H21NO2S. The predicted octanol–water partition coefficient (Wildman–Crippen LogP) is 3.95. The van der Waals surface area contributed by atoms with Crippen LogP contribution in [0.5, 0.6) is 5.75 Å². The molecule has 0 radical (unpaired) electrons. The number of aromatic nitrogens is 1. The Balaban J connectivity index is 2.15. The van der Waals surface area contributed by atoms with E-state index in [1.165, 1.54) is 11.3 Å². The first-order valence-electron chi connectivity index (χ1n) is 6.81. The molecule has 1 aromatic heterocycles. The van der Waals surface area contributed by atoms with Crippen molar-refractivity contribution >= 4 is 11.3 Å². The molecule has 20 heavy (non-hydrogen) atoms. The van der Waals surface area contributed by atoms with Crippen molar-refractivity contribution in [2.75, 3.05) is 0 Å². The van der Waals surface area contributed by atoms with Gasteiger partial charge in [0.25, 0.3) is 0 Å². The summed E-state index contributed by atoms with van der Waals surface area (Å²) in [5.74, 6) is 1.25. The molecule has 108 valence electrons. The molecule has 0 aliphatic rings. The largest absolute Gasteiger partial charge is 0.486 e. The van der Waals surface area contributed by atoms with Crippen LogP contribution in [0.3, 0.4) is 0 Å². The number of aliphatic hydroxyl groups excluding tert-OH is 1. The van der Waals surface area contributed by atoms with Crippen molar-refractivity contribution in [3.63, 3.8) is 0 Å². The van der Waals surface area contributed by atoms with Crippen LogP contribution >= 0.6 is 11.3 Å². The summed E-state index contributed by atoms with van der Waals surface area (Å²) >= 11 is 1.53. The van der Waals surface area contributed by atoms with Crippen LogP contribution in [-0.2, 0) is 13.2 Å². The zero-order chi connectivity index (χ0) is 14.7. The Morgan fingerprint density at radius 3 is 2.40 bits per heavy atom. The number of benzene rings is 1. The number of aryl methyl sites for hydroxylation is 2. The zero-order valence-corrected chi connectivity index (χ0v) is 13.3. The van der Waals surface area contributed by atoms with Gasteiger partial charge in [0, 0.05) is 0 Å². The van der Waals surface area contributed by atoms with Crippen LogP contribution in [0.25, 0.3) is 0 Å². The first-order valence-corrected chi connectivity index (χ1v) is 7.63. The third-order valence-corrected chi connectivity index (χ3v) is 4.24. The molecule has 0 saturated carbocycles. The van der Waals surface area contributed by atoms with Gasteiger partial charge in [0.15, 0.2) is 0 Å². The van der Waals surface area contributed by atoms with Crippen molar-refractivity contribution in [2.24, 2.45) is 0 Å². The number of hydrogen-bond donors (Lipinski definition) is 1. The van der Waals surface area contributed by atoms with Gasteiger partial charge in [0.1, 0.15) is 17.4 Å². The lowest BCUT2D eigenvalue weighted by Gasteiger charge is -2.10. The molecule has 0 saturated heterocycles. The Morgan fingerprint density at radius 2 is 1.90 bits per heavy atom. The second-order valence-electron chi connectivity index (χ2n) is 5.24. The third-order valence-electron chi connectivity index (χ3n) is 3.21. The first kappa shape index (κ1) is 15.0. The van der Waals surface area contributed by atoms with Gasteiger partial charge >= 0.3 is 0 Å². The molecule has 0 atom stereocenters. The number of ether oxygens (including phenoxy) is 1. The average Bonchev–Trinajstić information content (AvgIpc) is 2.81. The smallest absolute Gasteiger partial charge is 0.140 e. The number of aliphatic hydroxyl groups is 1. The Morgan fingerprint density at radius 1 is 1.25 bits per heavy atom. The van der Waals surface area contributed by atoms with Crippen LogP contribution in [-0.4, -0.2) is 10.1 Å². The molecule has 0 fully saturated rings. The molecule has 3 nitrogen and oxygen atoms in total. The fourth-order valence-corrected chi connectivity index (χ4v) is 3.20. The van der Waals surface area contributed by atoms with Gasteiger partial charge in [-0.25, -0.2) is 4.98 Å². The van der Waals surface area contributed by atoms with Crippen molar-refractivity contribution in [1.29, 1.82) is 0 Å². The molecule has 0 aliphatic heterocycles. The third kappa shape index (κ3) is 3.19. The zero-order valence-electron chi connectivity index (χ0n) is 12.4. The fourth-order valence-electron chi connectivity index (χ4n) is 2.20. The molecule has 0 bridgehead atoms. The number of hydrogen-bond acceptors (Lipinski definition) is 4. The molecule has 0 unspecified atom stereocenters. The Labute approximate surface area is 124 Å². The molecular weight excluding hydrogens is 270 g/mol. The van der Waals surface area contributed by atoms with E-state index < -0.39 is 0 Å². The van der Waals surface area contributed by atoms with Gasteiger partial charge in [-0.3, -0.25) is 0 Å². The van der Waals surface area contributed by atoms with E-state index in [0.29, 0.717) is 12.5 Å². The first-order chi connectivity index (χ1) is 9.52. The van der Waals surface area contributed by atoms with E-state index >= 15 is 0 Å². The quantitative estimate of drug-likeness (QED) is 0.907. The van der Waals surface area contributed by atoms with Gasteiger partial charge in [0.05, 0.1) is 17.2 Å². The molecule has 2 aromatic rings. The van der Waals surface area contributed by atoms with Gasteiger partial charge < -0.3 is 9.84 Å². The van der Waals surface area contributed by atoms with Crippen LogP contribution < -0.4 is 4.74 Å². The van der Waals surface area contributed by atoms with E-state index in [2.05, 4.69) is 18.8 Å². The van der Waals surface area contributed by atoms with Crippen LogP contribution in [0, 0.1) is 13.8 Å². The average molecular weight is 291 g/mol. The SMILES string of the molecule is Cc1cccc(C)c1OCc1nc(C(C)C)c(CO)s1. The summed E-state index contributed by atoms with van der Waals surface area (Å²) in [5.41, 5.74) is 3.25. The normalized spacial score (nSPS) is 11.1. The van der Waals surface area contributed by atoms with E-state index in [4.69, 9.17) is 4.74 Å². The number of thiazole rings is 1. The Bertz CT molecular complexity index is 570. The maximum Gasteiger partial charge on any atom is 0.140 e. The summed E-state index contributed by atoms with van der Waals surface area (Å²) in [6.07, 6.45) is 0. The summed E-state index contributed by atoms with van der Waals surface area (Å²) in [4.78, 5) is 5.53. The maximum absolute atomic E-state index is 9.38. The second kappa shape index (κ2) is 6.37.